The quantitative estimate of drug-likeness (QED) is 0.725. The molecule has 72 valence electrons. The zero-order chi connectivity index (χ0) is 8.65. The van der Waals surface area contributed by atoms with Crippen molar-refractivity contribution in [2.75, 3.05) is 0 Å². The van der Waals surface area contributed by atoms with E-state index in [1.165, 1.54) is 6.42 Å². The Hall–Kier alpha value is -0.180. The van der Waals surface area contributed by atoms with Gasteiger partial charge in [-0.15, -0.1) is 0 Å². The Morgan fingerprint density at radius 1 is 1.58 bits per heavy atom. The van der Waals surface area contributed by atoms with Gasteiger partial charge in [-0.05, 0) is 24.2 Å². The highest BCUT2D eigenvalue weighted by molar-refractivity contribution is 7.59. The summed E-state index contributed by atoms with van der Waals surface area (Å²) in [7, 11) is 0. The van der Waals surface area contributed by atoms with Crippen LogP contribution in [-0.2, 0) is 4.79 Å². The Kier molecular flexibility index (Phi) is 3.63. The molecule has 2 atom stereocenters. The van der Waals surface area contributed by atoms with Crippen LogP contribution in [0.15, 0.2) is 0 Å². The van der Waals surface area contributed by atoms with Gasteiger partial charge in [0, 0.05) is 0 Å². The summed E-state index contributed by atoms with van der Waals surface area (Å²) in [6.07, 6.45) is 2.26. The summed E-state index contributed by atoms with van der Waals surface area (Å²) in [6.45, 7) is 6.12. The maximum absolute atomic E-state index is 10.6. The van der Waals surface area contributed by atoms with Crippen molar-refractivity contribution < 1.29 is 9.90 Å². The van der Waals surface area contributed by atoms with E-state index in [2.05, 4.69) is 13.8 Å². The monoisotopic (exact) mass is 190 g/mol. The van der Waals surface area contributed by atoms with Gasteiger partial charge in [-0.3, -0.25) is 4.79 Å². The molecular weight excluding hydrogens is 172 g/mol. The molecule has 3 heteroatoms. The molecule has 0 aromatic heterocycles. The van der Waals surface area contributed by atoms with Gasteiger partial charge in [0.25, 0.3) is 0 Å². The summed E-state index contributed by atoms with van der Waals surface area (Å²) in [5.41, 5.74) is 0.262. The third kappa shape index (κ3) is 1.94. The van der Waals surface area contributed by atoms with Crippen molar-refractivity contribution in [3.8, 4) is 0 Å². The molecule has 0 amide bonds. The van der Waals surface area contributed by atoms with E-state index in [4.69, 9.17) is 5.11 Å². The lowest BCUT2D eigenvalue weighted by atomic mass is 9.58. The van der Waals surface area contributed by atoms with Crippen LogP contribution in [-0.4, -0.2) is 11.1 Å². The molecule has 0 bridgehead atoms. The summed E-state index contributed by atoms with van der Waals surface area (Å²) < 4.78 is 0. The summed E-state index contributed by atoms with van der Waals surface area (Å²) in [6, 6.07) is 0. The third-order valence-corrected chi connectivity index (χ3v) is 3.10. The first-order valence-electron chi connectivity index (χ1n) is 4.18. The van der Waals surface area contributed by atoms with Crippen molar-refractivity contribution in [3.63, 3.8) is 0 Å². The minimum absolute atomic E-state index is 0. The van der Waals surface area contributed by atoms with Crippen LogP contribution in [0.25, 0.3) is 0 Å². The molecule has 0 heterocycles. The van der Waals surface area contributed by atoms with Crippen molar-refractivity contribution in [2.24, 2.45) is 17.3 Å². The lowest BCUT2D eigenvalue weighted by Gasteiger charge is -2.46. The molecule has 1 N–H and O–H groups in total. The van der Waals surface area contributed by atoms with E-state index >= 15 is 0 Å². The second kappa shape index (κ2) is 3.69. The zero-order valence-corrected chi connectivity index (χ0v) is 8.92. The summed E-state index contributed by atoms with van der Waals surface area (Å²) in [5.74, 6) is -0.429. The van der Waals surface area contributed by atoms with Crippen molar-refractivity contribution in [3.05, 3.63) is 0 Å². The number of carboxylic acids is 1. The van der Waals surface area contributed by atoms with E-state index < -0.39 is 5.97 Å². The maximum Gasteiger partial charge on any atom is 0.306 e. The average molecular weight is 190 g/mol. The van der Waals surface area contributed by atoms with Gasteiger partial charge >= 0.3 is 5.97 Å². The first-order valence-corrected chi connectivity index (χ1v) is 4.18. The van der Waals surface area contributed by atoms with E-state index in [-0.39, 0.29) is 24.8 Å². The normalized spacial score (nSPS) is 28.1. The first-order chi connectivity index (χ1) is 4.95. The van der Waals surface area contributed by atoms with Crippen molar-refractivity contribution in [1.29, 1.82) is 0 Å². The predicted molar refractivity (Wildman–Crippen MR) is 53.7 cm³/mol. The van der Waals surface area contributed by atoms with Crippen LogP contribution >= 0.6 is 13.5 Å². The van der Waals surface area contributed by atoms with E-state index in [1.54, 1.807) is 0 Å². The first kappa shape index (κ1) is 11.8. The van der Waals surface area contributed by atoms with Gasteiger partial charge in [-0.2, -0.15) is 13.5 Å². The molecule has 2 nitrogen and oxygen atoms in total. The Morgan fingerprint density at radius 3 is 2.17 bits per heavy atom. The van der Waals surface area contributed by atoms with Gasteiger partial charge in [0.1, 0.15) is 0 Å². The average Bonchev–Trinajstić information content (AvgIpc) is 1.85. The number of hydrogen-bond donors (Lipinski definition) is 1. The molecule has 0 spiro atoms. The van der Waals surface area contributed by atoms with Crippen LogP contribution in [0.1, 0.15) is 33.6 Å². The van der Waals surface area contributed by atoms with E-state index in [1.807, 2.05) is 6.92 Å². The van der Waals surface area contributed by atoms with Crippen LogP contribution < -0.4 is 0 Å². The largest absolute Gasteiger partial charge is 0.481 e. The lowest BCUT2D eigenvalue weighted by molar-refractivity contribution is -0.147. The molecule has 0 radical (unpaired) electrons. The van der Waals surface area contributed by atoms with Gasteiger partial charge < -0.3 is 5.11 Å². The molecular formula is C9H18O2S. The Labute approximate surface area is 80.8 Å². The van der Waals surface area contributed by atoms with Gasteiger partial charge in [0.05, 0.1) is 5.92 Å². The predicted octanol–water partition coefficient (Wildman–Crippen LogP) is 2.26. The molecule has 0 aromatic carbocycles. The van der Waals surface area contributed by atoms with Gasteiger partial charge in [-0.1, -0.05) is 20.8 Å². The highest BCUT2D eigenvalue weighted by atomic mass is 32.1. The number of carboxylic acid groups (broad SMARTS) is 1. The van der Waals surface area contributed by atoms with Crippen LogP contribution in [0, 0.1) is 17.3 Å². The molecule has 12 heavy (non-hydrogen) atoms. The molecule has 1 aliphatic carbocycles. The minimum Gasteiger partial charge on any atom is -0.481 e. The zero-order valence-electron chi connectivity index (χ0n) is 7.92. The van der Waals surface area contributed by atoms with E-state index in [0.29, 0.717) is 5.92 Å². The summed E-state index contributed by atoms with van der Waals surface area (Å²) >= 11 is 0. The van der Waals surface area contributed by atoms with E-state index in [9.17, 15) is 4.79 Å². The molecule has 0 aliphatic heterocycles. The van der Waals surface area contributed by atoms with Crippen molar-refractivity contribution in [1.82, 2.24) is 0 Å². The van der Waals surface area contributed by atoms with Crippen LogP contribution in [0.5, 0.6) is 0 Å². The highest BCUT2D eigenvalue weighted by Crippen LogP contribution is 2.49. The Bertz CT molecular complexity index is 177. The van der Waals surface area contributed by atoms with Gasteiger partial charge in [0.15, 0.2) is 0 Å². The Balaban J connectivity index is 0.00000121. The third-order valence-electron chi connectivity index (χ3n) is 3.10. The molecule has 1 aliphatic rings. The number of aliphatic carboxylic acids is 1. The Morgan fingerprint density at radius 2 is 2.08 bits per heavy atom. The summed E-state index contributed by atoms with van der Waals surface area (Å²) in [5, 5.41) is 8.75. The van der Waals surface area contributed by atoms with Crippen LogP contribution in [0.3, 0.4) is 0 Å². The smallest absolute Gasteiger partial charge is 0.306 e. The molecule has 1 fully saturated rings. The SMILES string of the molecule is C[C@H](C(=O)O)C1CCC1(C)C.S. The van der Waals surface area contributed by atoms with Gasteiger partial charge in [-0.25, -0.2) is 0 Å². The standard InChI is InChI=1S/C9H16O2.H2S/c1-6(8(10)11)7-4-5-9(7,2)3;/h6-7H,4-5H2,1-3H3,(H,10,11);1H2/t6-,7?;/m0./s1. The fourth-order valence-electron chi connectivity index (χ4n) is 1.99. The molecule has 1 saturated carbocycles. The van der Waals surface area contributed by atoms with Crippen LogP contribution in [0.4, 0.5) is 0 Å². The van der Waals surface area contributed by atoms with Crippen molar-refractivity contribution in [2.45, 2.75) is 33.6 Å². The minimum atomic E-state index is -0.650. The fraction of sp³-hybridized carbons (Fsp3) is 0.889. The molecule has 0 aromatic rings. The molecule has 1 rings (SSSR count). The van der Waals surface area contributed by atoms with Crippen LogP contribution in [0.2, 0.25) is 0 Å². The number of carbonyl (C=O) groups is 1. The van der Waals surface area contributed by atoms with E-state index in [0.717, 1.165) is 6.42 Å². The second-order valence-electron chi connectivity index (χ2n) is 4.26. The second-order valence-corrected chi connectivity index (χ2v) is 4.26. The fourth-order valence-corrected chi connectivity index (χ4v) is 1.99. The molecule has 1 unspecified atom stereocenters. The maximum atomic E-state index is 10.6. The number of hydrogen-bond acceptors (Lipinski definition) is 1. The lowest BCUT2D eigenvalue weighted by Crippen LogP contribution is -2.41. The number of rotatable bonds is 2. The van der Waals surface area contributed by atoms with Gasteiger partial charge in [0.2, 0.25) is 0 Å². The topological polar surface area (TPSA) is 37.3 Å². The molecule has 0 saturated heterocycles. The van der Waals surface area contributed by atoms with Crippen molar-refractivity contribution >= 4 is 19.5 Å². The highest BCUT2D eigenvalue weighted by Gasteiger charge is 2.43. The summed E-state index contributed by atoms with van der Waals surface area (Å²) in [4.78, 5) is 10.6.